The zero-order valence-electron chi connectivity index (χ0n) is 10.8. The molecule has 0 aliphatic carbocycles. The van der Waals surface area contributed by atoms with Crippen molar-refractivity contribution in [1.82, 2.24) is 0 Å². The summed E-state index contributed by atoms with van der Waals surface area (Å²) in [5, 5.41) is 2.05. The van der Waals surface area contributed by atoms with Crippen LogP contribution in [-0.2, 0) is 0 Å². The van der Waals surface area contributed by atoms with Crippen molar-refractivity contribution in [1.29, 1.82) is 0 Å². The first-order valence-corrected chi connectivity index (χ1v) is 8.17. The van der Waals surface area contributed by atoms with Gasteiger partial charge in [-0.15, -0.1) is 11.3 Å². The monoisotopic (exact) mass is 377 g/mol. The maximum atomic E-state index is 13.5. The van der Waals surface area contributed by atoms with E-state index in [4.69, 9.17) is 22.1 Å². The fourth-order valence-electron chi connectivity index (χ4n) is 1.74. The van der Waals surface area contributed by atoms with Gasteiger partial charge in [0, 0.05) is 26.8 Å². The Labute approximate surface area is 134 Å². The van der Waals surface area contributed by atoms with Gasteiger partial charge >= 0.3 is 0 Å². The Bertz CT molecular complexity index is 592. The van der Waals surface area contributed by atoms with Crippen molar-refractivity contribution in [2.24, 2.45) is 5.73 Å². The van der Waals surface area contributed by atoms with Crippen LogP contribution in [0.3, 0.4) is 0 Å². The van der Waals surface area contributed by atoms with Crippen LogP contribution < -0.4 is 10.5 Å². The van der Waals surface area contributed by atoms with E-state index < -0.39 is 5.82 Å². The van der Waals surface area contributed by atoms with Gasteiger partial charge in [-0.2, -0.15) is 0 Å². The fourth-order valence-corrected chi connectivity index (χ4v) is 3.41. The van der Waals surface area contributed by atoms with Crippen LogP contribution in [0, 0.1) is 5.82 Å². The van der Waals surface area contributed by atoms with Gasteiger partial charge in [0.05, 0.1) is 5.02 Å². The second-order valence-corrected chi connectivity index (χ2v) is 6.62. The summed E-state index contributed by atoms with van der Waals surface area (Å²) in [6.07, 6.45) is 0.452. The lowest BCUT2D eigenvalue weighted by Crippen LogP contribution is -2.30. The SMILES string of the molecule is CCC(N)C(Oc1ccc(Cl)c(F)c1)c1cc(Br)cs1. The van der Waals surface area contributed by atoms with Gasteiger partial charge in [-0.25, -0.2) is 4.39 Å². The highest BCUT2D eigenvalue weighted by Gasteiger charge is 2.22. The van der Waals surface area contributed by atoms with Crippen molar-refractivity contribution in [3.63, 3.8) is 0 Å². The fraction of sp³-hybridized carbons (Fsp3) is 0.286. The molecule has 0 aliphatic rings. The van der Waals surface area contributed by atoms with Crippen molar-refractivity contribution in [2.75, 3.05) is 0 Å². The minimum Gasteiger partial charge on any atom is -0.483 e. The molecule has 0 fully saturated rings. The van der Waals surface area contributed by atoms with Crippen LogP contribution in [0.1, 0.15) is 24.3 Å². The van der Waals surface area contributed by atoms with Gasteiger partial charge in [-0.3, -0.25) is 0 Å². The summed E-state index contributed by atoms with van der Waals surface area (Å²) >= 11 is 10.6. The number of rotatable bonds is 5. The van der Waals surface area contributed by atoms with Gasteiger partial charge in [0.25, 0.3) is 0 Å². The van der Waals surface area contributed by atoms with E-state index in [1.165, 1.54) is 12.1 Å². The lowest BCUT2D eigenvalue weighted by atomic mass is 10.1. The van der Waals surface area contributed by atoms with E-state index >= 15 is 0 Å². The van der Waals surface area contributed by atoms with Crippen molar-refractivity contribution in [3.05, 3.63) is 49.8 Å². The molecule has 6 heteroatoms. The summed E-state index contributed by atoms with van der Waals surface area (Å²) < 4.78 is 20.3. The Morgan fingerprint density at radius 1 is 1.45 bits per heavy atom. The van der Waals surface area contributed by atoms with Crippen LogP contribution in [0.4, 0.5) is 4.39 Å². The van der Waals surface area contributed by atoms with Crippen LogP contribution in [0.5, 0.6) is 5.75 Å². The van der Waals surface area contributed by atoms with Crippen molar-refractivity contribution >= 4 is 38.9 Å². The molecular formula is C14H14BrClFNOS. The molecule has 2 rings (SSSR count). The van der Waals surface area contributed by atoms with E-state index in [-0.39, 0.29) is 17.2 Å². The van der Waals surface area contributed by atoms with Gasteiger partial charge < -0.3 is 10.5 Å². The molecule has 0 saturated heterocycles. The zero-order chi connectivity index (χ0) is 14.7. The Morgan fingerprint density at radius 2 is 2.20 bits per heavy atom. The Balaban J connectivity index is 2.25. The molecule has 2 atom stereocenters. The number of halogens is 3. The normalized spacial score (nSPS) is 14.1. The maximum absolute atomic E-state index is 13.5. The quantitative estimate of drug-likeness (QED) is 0.780. The summed E-state index contributed by atoms with van der Waals surface area (Å²) in [7, 11) is 0. The van der Waals surface area contributed by atoms with Gasteiger partial charge in [0.1, 0.15) is 17.7 Å². The number of thiophene rings is 1. The minimum atomic E-state index is -0.500. The van der Waals surface area contributed by atoms with E-state index in [0.717, 1.165) is 15.8 Å². The van der Waals surface area contributed by atoms with Crippen molar-refractivity contribution in [2.45, 2.75) is 25.5 Å². The molecule has 0 spiro atoms. The lowest BCUT2D eigenvalue weighted by molar-refractivity contribution is 0.174. The average molecular weight is 379 g/mol. The number of benzene rings is 1. The van der Waals surface area contributed by atoms with Crippen LogP contribution in [0.15, 0.2) is 34.1 Å². The molecule has 1 heterocycles. The van der Waals surface area contributed by atoms with Crippen LogP contribution in [0.2, 0.25) is 5.02 Å². The Kier molecular flexibility index (Phi) is 5.43. The van der Waals surface area contributed by atoms with Crippen LogP contribution >= 0.6 is 38.9 Å². The first kappa shape index (κ1) is 15.8. The number of ether oxygens (including phenoxy) is 1. The molecule has 2 aromatic rings. The molecule has 1 aromatic carbocycles. The highest BCUT2D eigenvalue weighted by Crippen LogP contribution is 2.32. The predicted molar refractivity (Wildman–Crippen MR) is 85.1 cm³/mol. The molecule has 0 radical (unpaired) electrons. The van der Waals surface area contributed by atoms with E-state index in [2.05, 4.69) is 15.9 Å². The molecular weight excluding hydrogens is 365 g/mol. The molecule has 0 bridgehead atoms. The van der Waals surface area contributed by atoms with Gasteiger partial charge in [0.15, 0.2) is 0 Å². The number of nitrogens with two attached hydrogens (primary N) is 1. The lowest BCUT2D eigenvalue weighted by Gasteiger charge is -2.23. The van der Waals surface area contributed by atoms with Crippen molar-refractivity contribution in [3.8, 4) is 5.75 Å². The Hall–Kier alpha value is -0.620. The van der Waals surface area contributed by atoms with E-state index in [1.807, 2.05) is 18.4 Å². The molecule has 1 aromatic heterocycles. The molecule has 2 nitrogen and oxygen atoms in total. The van der Waals surface area contributed by atoms with Crippen LogP contribution in [-0.4, -0.2) is 6.04 Å². The highest BCUT2D eigenvalue weighted by atomic mass is 79.9. The smallest absolute Gasteiger partial charge is 0.148 e. The summed E-state index contributed by atoms with van der Waals surface area (Å²) in [4.78, 5) is 1.00. The standard InChI is InChI=1S/C14H14BrClFNOS/c1-2-12(18)14(13-5-8(15)7-20-13)19-9-3-4-10(16)11(17)6-9/h3-7,12,14H,2,18H2,1H3. The summed E-state index contributed by atoms with van der Waals surface area (Å²) in [6, 6.07) is 6.20. The van der Waals surface area contributed by atoms with Gasteiger partial charge in [0.2, 0.25) is 0 Å². The minimum absolute atomic E-state index is 0.0764. The maximum Gasteiger partial charge on any atom is 0.148 e. The third kappa shape index (κ3) is 3.73. The molecule has 0 amide bonds. The van der Waals surface area contributed by atoms with E-state index in [9.17, 15) is 4.39 Å². The molecule has 0 saturated carbocycles. The van der Waals surface area contributed by atoms with Gasteiger partial charge in [-0.1, -0.05) is 18.5 Å². The summed E-state index contributed by atoms with van der Waals surface area (Å²) in [6.45, 7) is 1.99. The molecule has 2 unspecified atom stereocenters. The van der Waals surface area contributed by atoms with Gasteiger partial charge in [-0.05, 0) is 40.5 Å². The largest absolute Gasteiger partial charge is 0.483 e. The molecule has 2 N–H and O–H groups in total. The third-order valence-electron chi connectivity index (χ3n) is 2.88. The second kappa shape index (κ2) is 6.89. The van der Waals surface area contributed by atoms with E-state index in [0.29, 0.717) is 5.75 Å². The molecule has 0 aliphatic heterocycles. The topological polar surface area (TPSA) is 35.2 Å². The van der Waals surface area contributed by atoms with Crippen molar-refractivity contribution < 1.29 is 9.13 Å². The zero-order valence-corrected chi connectivity index (χ0v) is 13.9. The average Bonchev–Trinajstić information content (AvgIpc) is 2.85. The number of hydrogen-bond acceptors (Lipinski definition) is 3. The molecule has 20 heavy (non-hydrogen) atoms. The van der Waals surface area contributed by atoms with Crippen LogP contribution in [0.25, 0.3) is 0 Å². The summed E-state index contributed by atoms with van der Waals surface area (Å²) in [5.41, 5.74) is 6.12. The first-order valence-electron chi connectivity index (χ1n) is 6.12. The predicted octanol–water partition coefficient (Wildman–Crippen LogP) is 5.16. The Morgan fingerprint density at radius 3 is 2.75 bits per heavy atom. The highest BCUT2D eigenvalue weighted by molar-refractivity contribution is 9.10. The molecule has 108 valence electrons. The third-order valence-corrected chi connectivity index (χ3v) is 4.94. The second-order valence-electron chi connectivity index (χ2n) is 4.35. The number of hydrogen-bond donors (Lipinski definition) is 1. The first-order chi connectivity index (χ1) is 9.51. The van der Waals surface area contributed by atoms with E-state index in [1.54, 1.807) is 17.4 Å². The summed E-state index contributed by atoms with van der Waals surface area (Å²) in [5.74, 6) is -0.0781.